The average Bonchev–Trinajstić information content (AvgIpc) is 2.84. The third-order valence-corrected chi connectivity index (χ3v) is 5.01. The van der Waals surface area contributed by atoms with E-state index in [2.05, 4.69) is 13.0 Å². The normalized spacial score (nSPS) is 29.7. The molecule has 0 radical (unpaired) electrons. The predicted molar refractivity (Wildman–Crippen MR) is 76.4 cm³/mol. The van der Waals surface area contributed by atoms with E-state index in [0.717, 1.165) is 36.8 Å². The number of benzene rings is 1. The lowest BCUT2D eigenvalue weighted by atomic mass is 9.67. The minimum atomic E-state index is -1.07. The van der Waals surface area contributed by atoms with E-state index in [4.69, 9.17) is 0 Å². The lowest BCUT2D eigenvalue weighted by Gasteiger charge is -2.39. The van der Waals surface area contributed by atoms with E-state index in [1.807, 2.05) is 38.1 Å². The van der Waals surface area contributed by atoms with Crippen LogP contribution in [0.15, 0.2) is 24.3 Å². The molecule has 2 rings (SSSR count). The first-order valence-electron chi connectivity index (χ1n) is 7.16. The zero-order valence-electron chi connectivity index (χ0n) is 12.1. The summed E-state index contributed by atoms with van der Waals surface area (Å²) in [5.74, 6) is 0.565. The molecule has 0 amide bonds. The Kier molecular flexibility index (Phi) is 3.69. The SMILES string of the molecule is CCC1CCC(C#N)(C(C)(O)c2ccccc2C)C1. The van der Waals surface area contributed by atoms with Crippen LogP contribution in [0.2, 0.25) is 0 Å². The van der Waals surface area contributed by atoms with Gasteiger partial charge in [0, 0.05) is 0 Å². The van der Waals surface area contributed by atoms with Crippen molar-refractivity contribution < 1.29 is 5.11 Å². The highest BCUT2D eigenvalue weighted by Gasteiger charge is 2.53. The molecule has 0 aromatic heterocycles. The standard InChI is InChI=1S/C17H23NO/c1-4-14-9-10-17(11-14,12-18)16(3,19)15-8-6-5-7-13(15)2/h5-8,14,19H,4,9-11H2,1-3H3. The summed E-state index contributed by atoms with van der Waals surface area (Å²) in [6.07, 6.45) is 3.74. The molecular formula is C17H23NO. The number of aryl methyl sites for hydroxylation is 1. The fraction of sp³-hybridized carbons (Fsp3) is 0.588. The molecule has 1 saturated carbocycles. The zero-order chi connectivity index (χ0) is 14.1. The summed E-state index contributed by atoms with van der Waals surface area (Å²) in [4.78, 5) is 0. The van der Waals surface area contributed by atoms with E-state index in [0.29, 0.717) is 5.92 Å². The van der Waals surface area contributed by atoms with Gasteiger partial charge in [-0.25, -0.2) is 0 Å². The molecule has 1 aliphatic rings. The van der Waals surface area contributed by atoms with Crippen LogP contribution in [0.3, 0.4) is 0 Å². The molecule has 2 heteroatoms. The first kappa shape index (κ1) is 14.1. The van der Waals surface area contributed by atoms with Crippen molar-refractivity contribution in [3.8, 4) is 6.07 Å². The molecule has 3 unspecified atom stereocenters. The fourth-order valence-corrected chi connectivity index (χ4v) is 3.53. The molecule has 1 aliphatic carbocycles. The third-order valence-electron chi connectivity index (χ3n) is 5.01. The number of nitrogens with zero attached hydrogens (tertiary/aromatic N) is 1. The van der Waals surface area contributed by atoms with Crippen molar-refractivity contribution in [1.82, 2.24) is 0 Å². The minimum absolute atomic E-state index is 0.565. The lowest BCUT2D eigenvalue weighted by Crippen LogP contribution is -2.41. The Morgan fingerprint density at radius 1 is 1.47 bits per heavy atom. The van der Waals surface area contributed by atoms with Crippen molar-refractivity contribution in [2.24, 2.45) is 11.3 Å². The second-order valence-corrected chi connectivity index (χ2v) is 6.10. The van der Waals surface area contributed by atoms with Gasteiger partial charge in [-0.05, 0) is 50.2 Å². The van der Waals surface area contributed by atoms with E-state index in [9.17, 15) is 10.4 Å². The molecule has 3 atom stereocenters. The van der Waals surface area contributed by atoms with Crippen molar-refractivity contribution in [1.29, 1.82) is 5.26 Å². The van der Waals surface area contributed by atoms with E-state index >= 15 is 0 Å². The van der Waals surface area contributed by atoms with Gasteiger partial charge in [-0.3, -0.25) is 0 Å². The summed E-state index contributed by atoms with van der Waals surface area (Å²) in [5, 5.41) is 20.8. The lowest BCUT2D eigenvalue weighted by molar-refractivity contribution is -0.0447. The van der Waals surface area contributed by atoms with Crippen LogP contribution in [0.1, 0.15) is 50.7 Å². The topological polar surface area (TPSA) is 44.0 Å². The van der Waals surface area contributed by atoms with E-state index in [-0.39, 0.29) is 0 Å². The summed E-state index contributed by atoms with van der Waals surface area (Å²) in [6.45, 7) is 5.98. The van der Waals surface area contributed by atoms with Gasteiger partial charge < -0.3 is 5.11 Å². The number of nitriles is 1. The zero-order valence-corrected chi connectivity index (χ0v) is 12.1. The van der Waals surface area contributed by atoms with Gasteiger partial charge in [0.05, 0.1) is 11.5 Å². The molecule has 0 aliphatic heterocycles. The highest BCUT2D eigenvalue weighted by molar-refractivity contribution is 5.35. The quantitative estimate of drug-likeness (QED) is 0.891. The van der Waals surface area contributed by atoms with Gasteiger partial charge in [0.25, 0.3) is 0 Å². The fourth-order valence-electron chi connectivity index (χ4n) is 3.53. The predicted octanol–water partition coefficient (Wildman–Crippen LogP) is 3.92. The van der Waals surface area contributed by atoms with Crippen molar-refractivity contribution in [3.05, 3.63) is 35.4 Å². The van der Waals surface area contributed by atoms with Gasteiger partial charge >= 0.3 is 0 Å². The van der Waals surface area contributed by atoms with Crippen molar-refractivity contribution in [2.75, 3.05) is 0 Å². The van der Waals surface area contributed by atoms with Gasteiger partial charge in [-0.2, -0.15) is 5.26 Å². The summed E-state index contributed by atoms with van der Waals surface area (Å²) < 4.78 is 0. The van der Waals surface area contributed by atoms with E-state index in [1.54, 1.807) is 0 Å². The second kappa shape index (κ2) is 4.98. The molecule has 0 heterocycles. The summed E-state index contributed by atoms with van der Waals surface area (Å²) >= 11 is 0. The molecular weight excluding hydrogens is 234 g/mol. The van der Waals surface area contributed by atoms with Crippen molar-refractivity contribution >= 4 is 0 Å². The molecule has 19 heavy (non-hydrogen) atoms. The van der Waals surface area contributed by atoms with Crippen LogP contribution in [0, 0.1) is 29.6 Å². The Bertz CT molecular complexity index is 500. The second-order valence-electron chi connectivity index (χ2n) is 6.10. The Balaban J connectivity index is 2.44. The Morgan fingerprint density at radius 2 is 2.16 bits per heavy atom. The Hall–Kier alpha value is -1.33. The van der Waals surface area contributed by atoms with E-state index in [1.165, 1.54) is 0 Å². The molecule has 2 nitrogen and oxygen atoms in total. The Morgan fingerprint density at radius 3 is 2.68 bits per heavy atom. The molecule has 102 valence electrons. The van der Waals surface area contributed by atoms with Crippen LogP contribution in [0.5, 0.6) is 0 Å². The van der Waals surface area contributed by atoms with Gasteiger partial charge in [-0.1, -0.05) is 37.6 Å². The van der Waals surface area contributed by atoms with Crippen LogP contribution in [0.4, 0.5) is 0 Å². The average molecular weight is 257 g/mol. The number of hydrogen-bond donors (Lipinski definition) is 1. The number of rotatable bonds is 3. The monoisotopic (exact) mass is 257 g/mol. The maximum atomic E-state index is 11.1. The number of aliphatic hydroxyl groups is 1. The van der Waals surface area contributed by atoms with Crippen LogP contribution in [0.25, 0.3) is 0 Å². The van der Waals surface area contributed by atoms with Gasteiger partial charge in [0.1, 0.15) is 5.60 Å². The highest BCUT2D eigenvalue weighted by Crippen LogP contribution is 2.53. The molecule has 1 aromatic rings. The van der Waals surface area contributed by atoms with Gasteiger partial charge in [0.15, 0.2) is 0 Å². The molecule has 1 N–H and O–H groups in total. The minimum Gasteiger partial charge on any atom is -0.384 e. The Labute approximate surface area is 116 Å². The largest absolute Gasteiger partial charge is 0.384 e. The summed E-state index contributed by atoms with van der Waals surface area (Å²) in [5.41, 5.74) is 0.243. The molecule has 0 spiro atoms. The first-order valence-corrected chi connectivity index (χ1v) is 7.16. The number of hydrogen-bond acceptors (Lipinski definition) is 2. The first-order chi connectivity index (χ1) is 8.97. The van der Waals surface area contributed by atoms with Gasteiger partial charge in [0.2, 0.25) is 0 Å². The van der Waals surface area contributed by atoms with Crippen LogP contribution in [-0.2, 0) is 5.60 Å². The van der Waals surface area contributed by atoms with Crippen molar-refractivity contribution in [3.63, 3.8) is 0 Å². The molecule has 1 fully saturated rings. The van der Waals surface area contributed by atoms with Crippen LogP contribution in [-0.4, -0.2) is 5.11 Å². The third kappa shape index (κ3) is 2.17. The van der Waals surface area contributed by atoms with Gasteiger partial charge in [-0.15, -0.1) is 0 Å². The van der Waals surface area contributed by atoms with Crippen molar-refractivity contribution in [2.45, 2.75) is 52.1 Å². The maximum absolute atomic E-state index is 11.1. The van der Waals surface area contributed by atoms with E-state index < -0.39 is 11.0 Å². The molecule has 0 saturated heterocycles. The highest BCUT2D eigenvalue weighted by atomic mass is 16.3. The van der Waals surface area contributed by atoms with Crippen LogP contribution >= 0.6 is 0 Å². The smallest absolute Gasteiger partial charge is 0.106 e. The maximum Gasteiger partial charge on any atom is 0.106 e. The molecule has 1 aromatic carbocycles. The molecule has 0 bridgehead atoms. The summed E-state index contributed by atoms with van der Waals surface area (Å²) in [7, 11) is 0. The van der Waals surface area contributed by atoms with Crippen LogP contribution < -0.4 is 0 Å². The summed E-state index contributed by atoms with van der Waals surface area (Å²) in [6, 6.07) is 10.3.